The lowest BCUT2D eigenvalue weighted by molar-refractivity contribution is 0.868. The van der Waals surface area contributed by atoms with Crippen molar-refractivity contribution in [1.82, 2.24) is 10.3 Å². The lowest BCUT2D eigenvalue weighted by Gasteiger charge is -1.99. The van der Waals surface area contributed by atoms with Crippen LogP contribution in [0.25, 0.3) is 0 Å². The Morgan fingerprint density at radius 3 is 2.85 bits per heavy atom. The van der Waals surface area contributed by atoms with Crippen molar-refractivity contribution in [1.29, 1.82) is 5.41 Å². The van der Waals surface area contributed by atoms with Crippen LogP contribution in [0.5, 0.6) is 0 Å². The average Bonchev–Trinajstić information content (AvgIpc) is 2.14. The zero-order valence-electron chi connectivity index (χ0n) is 7.62. The summed E-state index contributed by atoms with van der Waals surface area (Å²) in [6.45, 7) is 2.51. The third kappa shape index (κ3) is 4.06. The van der Waals surface area contributed by atoms with Crippen LogP contribution in [0, 0.1) is 5.41 Å². The Morgan fingerprint density at radius 1 is 1.54 bits per heavy atom. The Bertz CT molecular complexity index is 290. The van der Waals surface area contributed by atoms with Crippen LogP contribution in [0.4, 0.5) is 0 Å². The lowest BCUT2D eigenvalue weighted by Crippen LogP contribution is -2.04. The molecule has 0 aliphatic carbocycles. The van der Waals surface area contributed by atoms with Crippen LogP contribution in [-0.2, 0) is 6.54 Å². The smallest absolute Gasteiger partial charge is 0.0396 e. The molecule has 1 rings (SSSR count). The topological polar surface area (TPSA) is 48.8 Å². The van der Waals surface area contributed by atoms with Gasteiger partial charge in [-0.05, 0) is 36.9 Å². The highest BCUT2D eigenvalue weighted by Crippen LogP contribution is 1.94. The van der Waals surface area contributed by atoms with Gasteiger partial charge in [0.2, 0.25) is 0 Å². The second-order valence-electron chi connectivity index (χ2n) is 2.75. The predicted octanol–water partition coefficient (Wildman–Crippen LogP) is 1.72. The van der Waals surface area contributed by atoms with Crippen LogP contribution in [0.1, 0.15) is 12.5 Å². The maximum absolute atomic E-state index is 7.14. The Hall–Kier alpha value is -1.64. The standard InChI is InChI=1S/C10H13N3/c1-9(11)2-5-13-8-10-3-6-12-7-4-10/h2-7,11,13H,8H2,1H3/b5-2-,11-9?. The number of pyridine rings is 1. The van der Waals surface area contributed by atoms with Crippen molar-refractivity contribution in [3.8, 4) is 0 Å². The SMILES string of the molecule is CC(=N)/C=C\NCc1ccncc1. The van der Waals surface area contributed by atoms with Gasteiger partial charge in [0.1, 0.15) is 0 Å². The van der Waals surface area contributed by atoms with E-state index in [0.29, 0.717) is 5.71 Å². The molecule has 3 heteroatoms. The molecule has 68 valence electrons. The maximum atomic E-state index is 7.14. The monoisotopic (exact) mass is 175 g/mol. The summed E-state index contributed by atoms with van der Waals surface area (Å²) < 4.78 is 0. The molecule has 1 aromatic heterocycles. The zero-order valence-corrected chi connectivity index (χ0v) is 7.62. The molecule has 1 aromatic rings. The molecule has 0 atom stereocenters. The van der Waals surface area contributed by atoms with Gasteiger partial charge in [0.25, 0.3) is 0 Å². The van der Waals surface area contributed by atoms with Crippen molar-refractivity contribution < 1.29 is 0 Å². The summed E-state index contributed by atoms with van der Waals surface area (Å²) in [5, 5.41) is 10.2. The van der Waals surface area contributed by atoms with E-state index in [1.54, 1.807) is 31.6 Å². The first kappa shape index (κ1) is 9.45. The van der Waals surface area contributed by atoms with Gasteiger partial charge in [0, 0.05) is 24.7 Å². The Balaban J connectivity index is 2.32. The van der Waals surface area contributed by atoms with E-state index < -0.39 is 0 Å². The number of hydrogen-bond acceptors (Lipinski definition) is 3. The molecule has 0 spiro atoms. The summed E-state index contributed by atoms with van der Waals surface area (Å²) >= 11 is 0. The van der Waals surface area contributed by atoms with E-state index in [0.717, 1.165) is 6.54 Å². The van der Waals surface area contributed by atoms with Gasteiger partial charge in [-0.25, -0.2) is 0 Å². The molecule has 0 radical (unpaired) electrons. The molecule has 0 unspecified atom stereocenters. The largest absolute Gasteiger partial charge is 0.387 e. The van der Waals surface area contributed by atoms with E-state index in [1.165, 1.54) is 5.56 Å². The third-order valence-corrected chi connectivity index (χ3v) is 1.51. The first-order valence-corrected chi connectivity index (χ1v) is 4.13. The van der Waals surface area contributed by atoms with Crippen LogP contribution in [0.3, 0.4) is 0 Å². The molecule has 0 aliphatic rings. The molecule has 0 aromatic carbocycles. The third-order valence-electron chi connectivity index (χ3n) is 1.51. The van der Waals surface area contributed by atoms with Crippen molar-refractivity contribution in [2.45, 2.75) is 13.5 Å². The number of nitrogens with one attached hydrogen (secondary N) is 2. The Labute approximate surface area is 78.0 Å². The molecule has 0 bridgehead atoms. The molecule has 0 fully saturated rings. The number of aromatic nitrogens is 1. The Kier molecular flexibility index (Phi) is 3.70. The summed E-state index contributed by atoms with van der Waals surface area (Å²) in [5.41, 5.74) is 1.73. The molecule has 2 N–H and O–H groups in total. The number of nitrogens with zero attached hydrogens (tertiary/aromatic N) is 1. The minimum Gasteiger partial charge on any atom is -0.387 e. The van der Waals surface area contributed by atoms with Crippen molar-refractivity contribution >= 4 is 5.71 Å². The minimum atomic E-state index is 0.544. The number of rotatable bonds is 4. The molecule has 13 heavy (non-hydrogen) atoms. The van der Waals surface area contributed by atoms with Crippen molar-refractivity contribution in [3.63, 3.8) is 0 Å². The minimum absolute atomic E-state index is 0.544. The van der Waals surface area contributed by atoms with Crippen LogP contribution >= 0.6 is 0 Å². The van der Waals surface area contributed by atoms with Crippen LogP contribution in [0.15, 0.2) is 36.8 Å². The number of hydrogen-bond donors (Lipinski definition) is 2. The molecule has 3 nitrogen and oxygen atoms in total. The lowest BCUT2D eigenvalue weighted by atomic mass is 10.3. The summed E-state index contributed by atoms with van der Waals surface area (Å²) in [5.74, 6) is 0. The summed E-state index contributed by atoms with van der Waals surface area (Å²) in [4.78, 5) is 3.92. The quantitative estimate of drug-likeness (QED) is 0.684. The number of allylic oxidation sites excluding steroid dienone is 1. The van der Waals surface area contributed by atoms with Gasteiger partial charge in [-0.15, -0.1) is 0 Å². The van der Waals surface area contributed by atoms with E-state index in [1.807, 2.05) is 12.1 Å². The maximum Gasteiger partial charge on any atom is 0.0396 e. The second kappa shape index (κ2) is 5.09. The summed E-state index contributed by atoms with van der Waals surface area (Å²) in [7, 11) is 0. The first-order chi connectivity index (χ1) is 6.29. The molecule has 0 saturated carbocycles. The van der Waals surface area contributed by atoms with Gasteiger partial charge >= 0.3 is 0 Å². The second-order valence-corrected chi connectivity index (χ2v) is 2.75. The molecule has 0 amide bonds. The summed E-state index contributed by atoms with van der Waals surface area (Å²) in [6, 6.07) is 3.91. The van der Waals surface area contributed by atoms with Crippen molar-refractivity contribution in [2.75, 3.05) is 0 Å². The predicted molar refractivity (Wildman–Crippen MR) is 53.6 cm³/mol. The fraction of sp³-hybridized carbons (Fsp3) is 0.200. The van der Waals surface area contributed by atoms with Crippen LogP contribution in [0.2, 0.25) is 0 Å². The van der Waals surface area contributed by atoms with Crippen molar-refractivity contribution in [2.24, 2.45) is 0 Å². The van der Waals surface area contributed by atoms with Crippen LogP contribution < -0.4 is 5.32 Å². The van der Waals surface area contributed by atoms with E-state index in [2.05, 4.69) is 10.3 Å². The summed E-state index contributed by atoms with van der Waals surface area (Å²) in [6.07, 6.45) is 7.04. The van der Waals surface area contributed by atoms with Gasteiger partial charge in [-0.2, -0.15) is 0 Å². The highest BCUT2D eigenvalue weighted by atomic mass is 14.8. The zero-order chi connectivity index (χ0) is 9.52. The molecular formula is C10H13N3. The van der Waals surface area contributed by atoms with Gasteiger partial charge in [0.15, 0.2) is 0 Å². The fourth-order valence-electron chi connectivity index (χ4n) is 0.861. The first-order valence-electron chi connectivity index (χ1n) is 4.13. The van der Waals surface area contributed by atoms with Gasteiger partial charge in [-0.3, -0.25) is 4.98 Å². The van der Waals surface area contributed by atoms with Crippen LogP contribution in [-0.4, -0.2) is 10.7 Å². The molecule has 0 aliphatic heterocycles. The fourth-order valence-corrected chi connectivity index (χ4v) is 0.861. The van der Waals surface area contributed by atoms with E-state index in [9.17, 15) is 0 Å². The van der Waals surface area contributed by atoms with E-state index in [4.69, 9.17) is 5.41 Å². The van der Waals surface area contributed by atoms with Gasteiger partial charge < -0.3 is 10.7 Å². The highest BCUT2D eigenvalue weighted by Gasteiger charge is 1.86. The van der Waals surface area contributed by atoms with Gasteiger partial charge in [0.05, 0.1) is 0 Å². The molecule has 1 heterocycles. The molecular weight excluding hydrogens is 162 g/mol. The highest BCUT2D eigenvalue weighted by molar-refractivity contribution is 5.89. The van der Waals surface area contributed by atoms with Gasteiger partial charge in [-0.1, -0.05) is 0 Å². The normalized spacial score (nSPS) is 10.2. The van der Waals surface area contributed by atoms with E-state index >= 15 is 0 Å². The van der Waals surface area contributed by atoms with E-state index in [-0.39, 0.29) is 0 Å². The average molecular weight is 175 g/mol. The van der Waals surface area contributed by atoms with Crippen molar-refractivity contribution in [3.05, 3.63) is 42.4 Å². The molecule has 0 saturated heterocycles. The Morgan fingerprint density at radius 2 is 2.23 bits per heavy atom.